The maximum Gasteiger partial charge on any atom is 0.142 e. The van der Waals surface area contributed by atoms with Crippen molar-refractivity contribution >= 4 is 12.4 Å². The summed E-state index contributed by atoms with van der Waals surface area (Å²) in [6, 6.07) is 1.74. The van der Waals surface area contributed by atoms with Crippen LogP contribution in [0.1, 0.15) is 5.56 Å². The van der Waals surface area contributed by atoms with Gasteiger partial charge in [-0.3, -0.25) is 9.78 Å². The van der Waals surface area contributed by atoms with E-state index in [2.05, 4.69) is 4.98 Å². The zero-order chi connectivity index (χ0) is 8.81. The number of aromatic nitrogens is 1. The van der Waals surface area contributed by atoms with Crippen molar-refractivity contribution in [1.82, 2.24) is 4.98 Å². The molecule has 0 saturated carbocycles. The first kappa shape index (κ1) is 8.46. The molecule has 0 aliphatic carbocycles. The second-order valence-electron chi connectivity index (χ2n) is 2.11. The maximum absolute atomic E-state index is 10.0. The van der Waals surface area contributed by atoms with Crippen molar-refractivity contribution in [2.24, 2.45) is 0 Å². The lowest BCUT2D eigenvalue weighted by atomic mass is 10.2. The third-order valence-electron chi connectivity index (χ3n) is 1.38. The van der Waals surface area contributed by atoms with Crippen molar-refractivity contribution in [2.45, 2.75) is 0 Å². The highest BCUT2D eigenvalue weighted by molar-refractivity contribution is 5.75. The van der Waals surface area contributed by atoms with Gasteiger partial charge in [0.05, 0.1) is 7.11 Å². The van der Waals surface area contributed by atoms with Crippen molar-refractivity contribution in [3.8, 4) is 5.75 Å². The van der Waals surface area contributed by atoms with E-state index < -0.39 is 0 Å². The van der Waals surface area contributed by atoms with E-state index in [1.807, 2.05) is 0 Å². The lowest BCUT2D eigenvalue weighted by molar-refractivity contribution is -0.104. The Morgan fingerprint density at radius 2 is 2.42 bits per heavy atom. The van der Waals surface area contributed by atoms with E-state index in [9.17, 15) is 4.79 Å². The Hall–Kier alpha value is -1.64. The Morgan fingerprint density at radius 1 is 1.58 bits per heavy atom. The second-order valence-corrected chi connectivity index (χ2v) is 2.11. The minimum Gasteiger partial charge on any atom is -0.496 e. The first-order valence-corrected chi connectivity index (χ1v) is 3.48. The second kappa shape index (κ2) is 4.28. The molecule has 0 N–H and O–H groups in total. The Kier molecular flexibility index (Phi) is 3.02. The van der Waals surface area contributed by atoms with Crippen molar-refractivity contribution in [1.29, 1.82) is 0 Å². The molecule has 0 atom stereocenters. The van der Waals surface area contributed by atoms with Gasteiger partial charge in [-0.1, -0.05) is 0 Å². The summed E-state index contributed by atoms with van der Waals surface area (Å²) in [7, 11) is 1.58. The molecule has 0 aromatic carbocycles. The number of carbonyl (C=O) groups excluding carboxylic acids is 1. The number of aldehydes is 1. The Morgan fingerprint density at radius 3 is 3.08 bits per heavy atom. The highest BCUT2D eigenvalue weighted by atomic mass is 16.5. The fraction of sp³-hybridized carbons (Fsp3) is 0.111. The fourth-order valence-electron chi connectivity index (χ4n) is 0.848. The quantitative estimate of drug-likeness (QED) is 0.498. The van der Waals surface area contributed by atoms with Crippen LogP contribution in [0.5, 0.6) is 5.75 Å². The molecule has 1 heterocycles. The van der Waals surface area contributed by atoms with Gasteiger partial charge in [0.2, 0.25) is 0 Å². The van der Waals surface area contributed by atoms with E-state index >= 15 is 0 Å². The minimum absolute atomic E-state index is 0.711. The number of rotatable bonds is 3. The van der Waals surface area contributed by atoms with Crippen LogP contribution in [0.25, 0.3) is 6.08 Å². The molecule has 1 aromatic heterocycles. The molecule has 0 aliphatic rings. The van der Waals surface area contributed by atoms with Gasteiger partial charge >= 0.3 is 0 Å². The molecule has 0 unspecified atom stereocenters. The van der Waals surface area contributed by atoms with Gasteiger partial charge in [-0.05, 0) is 18.2 Å². The molecule has 62 valence electrons. The van der Waals surface area contributed by atoms with Crippen LogP contribution in [0.3, 0.4) is 0 Å². The third kappa shape index (κ3) is 1.92. The minimum atomic E-state index is 0.711. The van der Waals surface area contributed by atoms with Crippen molar-refractivity contribution < 1.29 is 9.53 Å². The summed E-state index contributed by atoms with van der Waals surface area (Å²) in [5.74, 6) is 0.711. The van der Waals surface area contributed by atoms with E-state index in [1.165, 1.54) is 6.08 Å². The normalized spacial score (nSPS) is 10.1. The number of allylic oxidation sites excluding steroid dienone is 1. The molecule has 1 rings (SSSR count). The zero-order valence-electron chi connectivity index (χ0n) is 6.73. The van der Waals surface area contributed by atoms with Gasteiger partial charge in [-0.15, -0.1) is 0 Å². The number of pyridine rings is 1. The molecule has 0 radical (unpaired) electrons. The molecule has 0 amide bonds. The smallest absolute Gasteiger partial charge is 0.142 e. The molecule has 0 fully saturated rings. The van der Waals surface area contributed by atoms with Gasteiger partial charge in [0.1, 0.15) is 12.0 Å². The van der Waals surface area contributed by atoms with Crippen LogP contribution in [0.15, 0.2) is 24.5 Å². The highest BCUT2D eigenvalue weighted by Crippen LogP contribution is 2.16. The average molecular weight is 163 g/mol. The lowest BCUT2D eigenvalue weighted by Crippen LogP contribution is -1.87. The molecule has 0 bridgehead atoms. The summed E-state index contributed by atoms with van der Waals surface area (Å²) < 4.78 is 5.04. The topological polar surface area (TPSA) is 39.2 Å². The highest BCUT2D eigenvalue weighted by Gasteiger charge is 1.95. The maximum atomic E-state index is 10.0. The first-order valence-electron chi connectivity index (χ1n) is 3.48. The number of carbonyl (C=O) groups is 1. The molecule has 12 heavy (non-hydrogen) atoms. The first-order chi connectivity index (χ1) is 5.88. The summed E-state index contributed by atoms with van der Waals surface area (Å²) in [6.45, 7) is 0. The van der Waals surface area contributed by atoms with Gasteiger partial charge in [0.25, 0.3) is 0 Å². The predicted molar refractivity (Wildman–Crippen MR) is 45.9 cm³/mol. The summed E-state index contributed by atoms with van der Waals surface area (Å²) in [4.78, 5) is 13.9. The van der Waals surface area contributed by atoms with Crippen LogP contribution in [-0.4, -0.2) is 18.4 Å². The molecule has 3 nitrogen and oxygen atoms in total. The van der Waals surface area contributed by atoms with E-state index in [4.69, 9.17) is 4.74 Å². The van der Waals surface area contributed by atoms with Crippen molar-refractivity contribution in [3.63, 3.8) is 0 Å². The van der Waals surface area contributed by atoms with Crippen LogP contribution >= 0.6 is 0 Å². The Bertz CT molecular complexity index is 294. The standard InChI is InChI=1S/C9H9NO2/c1-12-9-4-5-10-7-8(9)3-2-6-11/h2-7H,1H3. The number of hydrogen-bond acceptors (Lipinski definition) is 3. The Labute approximate surface area is 70.7 Å². The fourth-order valence-corrected chi connectivity index (χ4v) is 0.848. The zero-order valence-corrected chi connectivity index (χ0v) is 6.73. The number of nitrogens with zero attached hydrogens (tertiary/aromatic N) is 1. The van der Waals surface area contributed by atoms with Crippen LogP contribution in [0.4, 0.5) is 0 Å². The SMILES string of the molecule is COc1ccncc1C=CC=O. The summed E-state index contributed by atoms with van der Waals surface area (Å²) >= 11 is 0. The number of methoxy groups -OCH3 is 1. The van der Waals surface area contributed by atoms with Gasteiger partial charge < -0.3 is 4.74 Å². The molecule has 0 spiro atoms. The monoisotopic (exact) mass is 163 g/mol. The van der Waals surface area contributed by atoms with Gasteiger partial charge in [-0.25, -0.2) is 0 Å². The van der Waals surface area contributed by atoms with Crippen molar-refractivity contribution in [2.75, 3.05) is 7.11 Å². The predicted octanol–water partition coefficient (Wildman–Crippen LogP) is 1.30. The van der Waals surface area contributed by atoms with E-state index in [0.717, 1.165) is 5.56 Å². The lowest BCUT2D eigenvalue weighted by Gasteiger charge is -2.01. The van der Waals surface area contributed by atoms with Crippen LogP contribution in [0, 0.1) is 0 Å². The number of ether oxygens (including phenoxy) is 1. The van der Waals surface area contributed by atoms with Gasteiger partial charge in [0, 0.05) is 18.0 Å². The van der Waals surface area contributed by atoms with Crippen LogP contribution < -0.4 is 4.74 Å². The van der Waals surface area contributed by atoms with E-state index in [-0.39, 0.29) is 0 Å². The van der Waals surface area contributed by atoms with Crippen molar-refractivity contribution in [3.05, 3.63) is 30.1 Å². The molecular formula is C9H9NO2. The van der Waals surface area contributed by atoms with Gasteiger partial charge in [0.15, 0.2) is 0 Å². The molecular weight excluding hydrogens is 154 g/mol. The van der Waals surface area contributed by atoms with Crippen LogP contribution in [0.2, 0.25) is 0 Å². The number of hydrogen-bond donors (Lipinski definition) is 0. The largest absolute Gasteiger partial charge is 0.496 e. The summed E-state index contributed by atoms with van der Waals surface area (Å²) in [5.41, 5.74) is 0.798. The van der Waals surface area contributed by atoms with Crippen LogP contribution in [-0.2, 0) is 4.79 Å². The molecule has 0 aliphatic heterocycles. The molecule has 0 saturated heterocycles. The van der Waals surface area contributed by atoms with Gasteiger partial charge in [-0.2, -0.15) is 0 Å². The summed E-state index contributed by atoms with van der Waals surface area (Å²) in [6.07, 6.45) is 7.04. The Balaban J connectivity index is 2.96. The average Bonchev–Trinajstić information content (AvgIpc) is 2.15. The molecule has 1 aromatic rings. The third-order valence-corrected chi connectivity index (χ3v) is 1.38. The summed E-state index contributed by atoms with van der Waals surface area (Å²) in [5, 5.41) is 0. The van der Waals surface area contributed by atoms with E-state index in [1.54, 1.807) is 31.6 Å². The van der Waals surface area contributed by atoms with E-state index in [0.29, 0.717) is 12.0 Å². The molecule has 3 heteroatoms.